The van der Waals surface area contributed by atoms with Crippen LogP contribution in [0.25, 0.3) is 0 Å². The average Bonchev–Trinajstić information content (AvgIpc) is 2.70. The number of hydrogen-bond donors (Lipinski definition) is 1. The van der Waals surface area contributed by atoms with Gasteiger partial charge in [-0.25, -0.2) is 8.42 Å². The predicted octanol–water partition coefficient (Wildman–Crippen LogP) is 2.55. The summed E-state index contributed by atoms with van der Waals surface area (Å²) in [6.07, 6.45) is 5.39. The number of carbonyl (C=O) groups is 1. The summed E-state index contributed by atoms with van der Waals surface area (Å²) in [6, 6.07) is 4.36. The molecule has 0 bridgehead atoms. The molecule has 0 saturated heterocycles. The lowest BCUT2D eigenvalue weighted by Gasteiger charge is -2.33. The van der Waals surface area contributed by atoms with Crippen LogP contribution in [0, 0.1) is 0 Å². The van der Waals surface area contributed by atoms with E-state index in [1.54, 1.807) is 6.07 Å². The monoisotopic (exact) mass is 398 g/mol. The molecule has 1 fully saturated rings. The average molecular weight is 399 g/mol. The number of hydrogen-bond acceptors (Lipinski definition) is 5. The van der Waals surface area contributed by atoms with Crippen molar-refractivity contribution in [3.63, 3.8) is 0 Å². The van der Waals surface area contributed by atoms with Crippen LogP contribution >= 0.6 is 0 Å². The van der Waals surface area contributed by atoms with Gasteiger partial charge < -0.3 is 14.8 Å². The maximum atomic E-state index is 13.4. The number of methoxy groups -OCH3 is 2. The third-order valence-electron chi connectivity index (χ3n) is 4.82. The van der Waals surface area contributed by atoms with Gasteiger partial charge in [-0.05, 0) is 31.4 Å². The fourth-order valence-electron chi connectivity index (χ4n) is 3.35. The zero-order chi connectivity index (χ0) is 19.9. The smallest absolute Gasteiger partial charge is 0.243 e. The number of carbonyl (C=O) groups excluding carboxylic acids is 1. The van der Waals surface area contributed by atoms with Crippen LogP contribution in [0.5, 0.6) is 11.5 Å². The topological polar surface area (TPSA) is 84.9 Å². The van der Waals surface area contributed by atoms with Crippen molar-refractivity contribution in [2.75, 3.05) is 27.3 Å². The van der Waals surface area contributed by atoms with Gasteiger partial charge in [-0.3, -0.25) is 4.79 Å². The largest absolute Gasteiger partial charge is 0.493 e. The molecule has 27 heavy (non-hydrogen) atoms. The molecule has 1 aromatic carbocycles. The van der Waals surface area contributed by atoms with Gasteiger partial charge in [-0.1, -0.05) is 26.2 Å². The number of nitrogens with one attached hydrogen (secondary N) is 1. The number of sulfonamides is 1. The quantitative estimate of drug-likeness (QED) is 0.691. The molecular formula is C19H30N2O5S. The Morgan fingerprint density at radius 2 is 1.81 bits per heavy atom. The molecule has 2 rings (SSSR count). The van der Waals surface area contributed by atoms with Crippen LogP contribution in [0.4, 0.5) is 0 Å². The lowest BCUT2D eigenvalue weighted by Crippen LogP contribution is -2.47. The van der Waals surface area contributed by atoms with E-state index in [0.717, 1.165) is 38.5 Å². The van der Waals surface area contributed by atoms with Crippen LogP contribution in [0.1, 0.15) is 45.4 Å². The molecule has 0 unspecified atom stereocenters. The van der Waals surface area contributed by atoms with Gasteiger partial charge in [0, 0.05) is 18.7 Å². The van der Waals surface area contributed by atoms with E-state index in [1.807, 2.05) is 6.92 Å². The zero-order valence-corrected chi connectivity index (χ0v) is 17.2. The third kappa shape index (κ3) is 5.35. The lowest BCUT2D eigenvalue weighted by atomic mass is 9.95. The van der Waals surface area contributed by atoms with Crippen molar-refractivity contribution in [2.24, 2.45) is 0 Å². The zero-order valence-electron chi connectivity index (χ0n) is 16.4. The number of nitrogens with zero attached hydrogens (tertiary/aromatic N) is 1. The summed E-state index contributed by atoms with van der Waals surface area (Å²) in [4.78, 5) is 12.4. The van der Waals surface area contributed by atoms with Crippen LogP contribution in [0.15, 0.2) is 23.1 Å². The van der Waals surface area contributed by atoms with E-state index >= 15 is 0 Å². The van der Waals surface area contributed by atoms with E-state index in [-0.39, 0.29) is 23.4 Å². The summed E-state index contributed by atoms with van der Waals surface area (Å²) in [5, 5.41) is 2.78. The Labute approximate surface area is 162 Å². The summed E-state index contributed by atoms with van der Waals surface area (Å²) >= 11 is 0. The molecule has 1 amide bonds. The summed E-state index contributed by atoms with van der Waals surface area (Å²) in [5.74, 6) is 0.533. The molecule has 7 nitrogen and oxygen atoms in total. The Morgan fingerprint density at radius 1 is 1.15 bits per heavy atom. The van der Waals surface area contributed by atoms with Gasteiger partial charge >= 0.3 is 0 Å². The first-order chi connectivity index (χ1) is 12.9. The molecule has 1 aromatic rings. The SMILES string of the molecule is CCCNC(=O)CN(C1CCCCC1)S(=O)(=O)c1ccc(OC)c(OC)c1. The van der Waals surface area contributed by atoms with Gasteiger partial charge in [0.1, 0.15) is 0 Å². The van der Waals surface area contributed by atoms with Crippen molar-refractivity contribution in [3.05, 3.63) is 18.2 Å². The van der Waals surface area contributed by atoms with E-state index in [9.17, 15) is 13.2 Å². The van der Waals surface area contributed by atoms with Crippen molar-refractivity contribution in [2.45, 2.75) is 56.4 Å². The Kier molecular flexibility index (Phi) is 7.91. The first kappa shape index (κ1) is 21.5. The Hall–Kier alpha value is -1.80. The molecule has 8 heteroatoms. The number of benzene rings is 1. The Balaban J connectivity index is 2.35. The van der Waals surface area contributed by atoms with E-state index in [4.69, 9.17) is 9.47 Å². The molecule has 0 radical (unpaired) electrons. The Bertz CT molecular complexity index is 730. The second-order valence-corrected chi connectivity index (χ2v) is 8.60. The molecule has 0 aromatic heterocycles. The molecule has 0 atom stereocenters. The summed E-state index contributed by atoms with van der Waals surface area (Å²) < 4.78 is 38.5. The van der Waals surface area contributed by atoms with Gasteiger partial charge in [-0.15, -0.1) is 0 Å². The summed E-state index contributed by atoms with van der Waals surface area (Å²) in [6.45, 7) is 2.33. The van der Waals surface area contributed by atoms with E-state index in [0.29, 0.717) is 18.0 Å². The molecule has 0 spiro atoms. The second-order valence-electron chi connectivity index (χ2n) is 6.71. The number of amides is 1. The molecule has 1 saturated carbocycles. The third-order valence-corrected chi connectivity index (χ3v) is 6.71. The molecular weight excluding hydrogens is 368 g/mol. The van der Waals surface area contributed by atoms with Crippen LogP contribution in [-0.4, -0.2) is 52.0 Å². The van der Waals surface area contributed by atoms with Gasteiger partial charge in [-0.2, -0.15) is 4.31 Å². The van der Waals surface area contributed by atoms with Crippen molar-refractivity contribution in [1.82, 2.24) is 9.62 Å². The first-order valence-corrected chi connectivity index (χ1v) is 10.9. The van der Waals surface area contributed by atoms with Gasteiger partial charge in [0.15, 0.2) is 11.5 Å². The highest BCUT2D eigenvalue weighted by atomic mass is 32.2. The van der Waals surface area contributed by atoms with Gasteiger partial charge in [0.2, 0.25) is 15.9 Å². The maximum absolute atomic E-state index is 13.4. The molecule has 1 N–H and O–H groups in total. The molecule has 0 heterocycles. The molecule has 1 aliphatic rings. The van der Waals surface area contributed by atoms with E-state index < -0.39 is 10.0 Å². The fourth-order valence-corrected chi connectivity index (χ4v) is 5.01. The second kappa shape index (κ2) is 9.94. The standard InChI is InChI=1S/C19H30N2O5S/c1-4-12-20-19(22)14-21(15-8-6-5-7-9-15)27(23,24)16-10-11-17(25-2)18(13-16)26-3/h10-11,13,15H,4-9,12,14H2,1-3H3,(H,20,22). The number of ether oxygens (including phenoxy) is 2. The predicted molar refractivity (Wildman–Crippen MR) is 104 cm³/mol. The van der Waals surface area contributed by atoms with Crippen molar-refractivity contribution in [3.8, 4) is 11.5 Å². The highest BCUT2D eigenvalue weighted by molar-refractivity contribution is 7.89. The van der Waals surface area contributed by atoms with Gasteiger partial charge in [0.05, 0.1) is 25.7 Å². The van der Waals surface area contributed by atoms with Crippen LogP contribution in [0.2, 0.25) is 0 Å². The minimum Gasteiger partial charge on any atom is -0.493 e. The van der Waals surface area contributed by atoms with E-state index in [2.05, 4.69) is 5.32 Å². The molecule has 0 aliphatic heterocycles. The Morgan fingerprint density at radius 3 is 2.41 bits per heavy atom. The summed E-state index contributed by atoms with van der Waals surface area (Å²) in [7, 11) is -0.879. The number of rotatable bonds is 9. The minimum atomic E-state index is -3.84. The summed E-state index contributed by atoms with van der Waals surface area (Å²) in [5.41, 5.74) is 0. The molecule has 1 aliphatic carbocycles. The van der Waals surface area contributed by atoms with E-state index in [1.165, 1.54) is 30.7 Å². The van der Waals surface area contributed by atoms with Crippen molar-refractivity contribution >= 4 is 15.9 Å². The lowest BCUT2D eigenvalue weighted by molar-refractivity contribution is -0.121. The minimum absolute atomic E-state index is 0.106. The highest BCUT2D eigenvalue weighted by Crippen LogP contribution is 2.33. The molecule has 152 valence electrons. The van der Waals surface area contributed by atoms with Crippen molar-refractivity contribution < 1.29 is 22.7 Å². The van der Waals surface area contributed by atoms with Crippen LogP contribution < -0.4 is 14.8 Å². The van der Waals surface area contributed by atoms with Crippen LogP contribution in [-0.2, 0) is 14.8 Å². The normalized spacial score (nSPS) is 15.6. The van der Waals surface area contributed by atoms with Crippen LogP contribution in [0.3, 0.4) is 0 Å². The highest BCUT2D eigenvalue weighted by Gasteiger charge is 2.34. The fraction of sp³-hybridized carbons (Fsp3) is 0.632. The first-order valence-electron chi connectivity index (χ1n) is 9.44. The van der Waals surface area contributed by atoms with Crippen molar-refractivity contribution in [1.29, 1.82) is 0 Å². The maximum Gasteiger partial charge on any atom is 0.243 e. The van der Waals surface area contributed by atoms with Gasteiger partial charge in [0.25, 0.3) is 0 Å².